The van der Waals surface area contributed by atoms with Gasteiger partial charge in [-0.15, -0.1) is 0 Å². The third-order valence-corrected chi connectivity index (χ3v) is 5.05. The molecule has 0 saturated heterocycles. The van der Waals surface area contributed by atoms with Gasteiger partial charge in [-0.1, -0.05) is 30.3 Å². The predicted octanol–water partition coefficient (Wildman–Crippen LogP) is 2.12. The molecule has 3 rings (SSSR count). The average molecular weight is 342 g/mol. The van der Waals surface area contributed by atoms with E-state index in [2.05, 4.69) is 27.9 Å². The number of benzene rings is 1. The lowest BCUT2D eigenvalue weighted by Gasteiger charge is -2.13. The molecule has 134 valence electrons. The minimum atomic E-state index is -0.200. The highest BCUT2D eigenvalue weighted by molar-refractivity contribution is 5.74. The lowest BCUT2D eigenvalue weighted by Crippen LogP contribution is -2.39. The molecule has 6 nitrogen and oxygen atoms in total. The molecule has 1 heterocycles. The zero-order valence-corrected chi connectivity index (χ0v) is 14.9. The molecular weight excluding hydrogens is 316 g/mol. The topological polar surface area (TPSA) is 79.2 Å². The van der Waals surface area contributed by atoms with E-state index in [4.69, 9.17) is 0 Å². The smallest absolute Gasteiger partial charge is 0.315 e. The molecule has 25 heavy (non-hydrogen) atoms. The number of urea groups is 1. The third kappa shape index (κ3) is 4.20. The summed E-state index contributed by atoms with van der Waals surface area (Å²) in [6.07, 6.45) is 1.96. The number of nitrogens with zero attached hydrogens (tertiary/aromatic N) is 2. The quantitative estimate of drug-likeness (QED) is 0.721. The number of amides is 2. The molecule has 1 aliphatic rings. The van der Waals surface area contributed by atoms with Gasteiger partial charge in [0.2, 0.25) is 0 Å². The van der Waals surface area contributed by atoms with Crippen molar-refractivity contribution >= 4 is 6.03 Å². The number of nitrogens with one attached hydrogen (secondary N) is 2. The SMILES string of the molecule is Cc1nn(Cc2ccccc2)c(C)c1CNC(=O)NCC1(CO)CC1. The lowest BCUT2D eigenvalue weighted by molar-refractivity contribution is 0.203. The molecule has 0 unspecified atom stereocenters. The number of carbonyl (C=O) groups is 1. The molecule has 6 heteroatoms. The van der Waals surface area contributed by atoms with Gasteiger partial charge in [0.1, 0.15) is 0 Å². The maximum absolute atomic E-state index is 12.0. The van der Waals surface area contributed by atoms with Crippen LogP contribution in [0.3, 0.4) is 0 Å². The number of aryl methyl sites for hydroxylation is 1. The van der Waals surface area contributed by atoms with Crippen LogP contribution in [0.1, 0.15) is 35.4 Å². The summed E-state index contributed by atoms with van der Waals surface area (Å²) in [4.78, 5) is 12.0. The van der Waals surface area contributed by atoms with Crippen LogP contribution in [0.5, 0.6) is 0 Å². The fourth-order valence-electron chi connectivity index (χ4n) is 2.97. The van der Waals surface area contributed by atoms with Gasteiger partial charge in [0.15, 0.2) is 0 Å². The molecule has 1 aromatic carbocycles. The molecule has 0 atom stereocenters. The first-order valence-corrected chi connectivity index (χ1v) is 8.72. The maximum Gasteiger partial charge on any atom is 0.315 e. The highest BCUT2D eigenvalue weighted by Crippen LogP contribution is 2.44. The average Bonchev–Trinajstić information content (AvgIpc) is 3.35. The van der Waals surface area contributed by atoms with Crippen LogP contribution in [0, 0.1) is 19.3 Å². The summed E-state index contributed by atoms with van der Waals surface area (Å²) in [6.45, 7) is 5.83. The monoisotopic (exact) mass is 342 g/mol. The zero-order chi connectivity index (χ0) is 17.9. The summed E-state index contributed by atoms with van der Waals surface area (Å²) in [5.41, 5.74) is 4.17. The second-order valence-corrected chi connectivity index (χ2v) is 6.99. The van der Waals surface area contributed by atoms with Crippen molar-refractivity contribution in [3.63, 3.8) is 0 Å². The van der Waals surface area contributed by atoms with E-state index in [1.807, 2.05) is 36.7 Å². The van der Waals surface area contributed by atoms with Gasteiger partial charge in [0, 0.05) is 29.8 Å². The Labute approximate surface area is 148 Å². The number of aromatic nitrogens is 2. The second-order valence-electron chi connectivity index (χ2n) is 6.99. The number of hydrogen-bond acceptors (Lipinski definition) is 3. The normalized spacial score (nSPS) is 15.0. The van der Waals surface area contributed by atoms with Gasteiger partial charge < -0.3 is 15.7 Å². The summed E-state index contributed by atoms with van der Waals surface area (Å²) in [5.74, 6) is 0. The molecule has 1 saturated carbocycles. The highest BCUT2D eigenvalue weighted by Gasteiger charge is 2.42. The number of aliphatic hydroxyl groups is 1. The number of carbonyl (C=O) groups excluding carboxylic acids is 1. The van der Waals surface area contributed by atoms with Crippen molar-refractivity contribution in [2.45, 2.75) is 39.8 Å². The Morgan fingerprint density at radius 2 is 1.96 bits per heavy atom. The van der Waals surface area contributed by atoms with Crippen LogP contribution in [-0.4, -0.2) is 34.1 Å². The number of hydrogen-bond donors (Lipinski definition) is 3. The Morgan fingerprint density at radius 1 is 1.24 bits per heavy atom. The summed E-state index contributed by atoms with van der Waals surface area (Å²) in [6, 6.07) is 10.0. The Hall–Kier alpha value is -2.34. The first kappa shape index (κ1) is 17.5. The summed E-state index contributed by atoms with van der Waals surface area (Å²) < 4.78 is 1.98. The Balaban J connectivity index is 1.56. The van der Waals surface area contributed by atoms with Gasteiger partial charge >= 0.3 is 6.03 Å². The zero-order valence-electron chi connectivity index (χ0n) is 14.9. The van der Waals surface area contributed by atoms with E-state index in [0.717, 1.165) is 36.3 Å². The maximum atomic E-state index is 12.0. The van der Waals surface area contributed by atoms with Crippen molar-refractivity contribution in [2.75, 3.05) is 13.2 Å². The van der Waals surface area contributed by atoms with Crippen molar-refractivity contribution in [2.24, 2.45) is 5.41 Å². The molecule has 2 aromatic rings. The van der Waals surface area contributed by atoms with Gasteiger partial charge in [-0.3, -0.25) is 4.68 Å². The largest absolute Gasteiger partial charge is 0.396 e. The van der Waals surface area contributed by atoms with E-state index in [1.165, 1.54) is 5.56 Å². The Morgan fingerprint density at radius 3 is 2.60 bits per heavy atom. The number of aliphatic hydroxyl groups excluding tert-OH is 1. The van der Waals surface area contributed by atoms with Gasteiger partial charge in [0.25, 0.3) is 0 Å². The molecule has 3 N–H and O–H groups in total. The summed E-state index contributed by atoms with van der Waals surface area (Å²) in [5, 5.41) is 19.6. The van der Waals surface area contributed by atoms with Gasteiger partial charge in [-0.25, -0.2) is 4.79 Å². The van der Waals surface area contributed by atoms with Crippen molar-refractivity contribution < 1.29 is 9.90 Å². The molecule has 0 spiro atoms. The molecule has 0 aliphatic heterocycles. The molecule has 0 radical (unpaired) electrons. The van der Waals surface area contributed by atoms with Gasteiger partial charge in [-0.05, 0) is 32.3 Å². The summed E-state index contributed by atoms with van der Waals surface area (Å²) >= 11 is 0. The van der Waals surface area contributed by atoms with E-state index in [0.29, 0.717) is 13.1 Å². The minimum absolute atomic E-state index is 0.0796. The van der Waals surface area contributed by atoms with Crippen LogP contribution in [0.4, 0.5) is 4.79 Å². The van der Waals surface area contributed by atoms with E-state index in [-0.39, 0.29) is 18.1 Å². The van der Waals surface area contributed by atoms with Crippen molar-refractivity contribution in [3.8, 4) is 0 Å². The van der Waals surface area contributed by atoms with Crippen LogP contribution in [0.15, 0.2) is 30.3 Å². The van der Waals surface area contributed by atoms with Crippen LogP contribution >= 0.6 is 0 Å². The van der Waals surface area contributed by atoms with Crippen molar-refractivity contribution in [3.05, 3.63) is 52.8 Å². The minimum Gasteiger partial charge on any atom is -0.396 e. The first-order chi connectivity index (χ1) is 12.0. The van der Waals surface area contributed by atoms with E-state index in [1.54, 1.807) is 0 Å². The fraction of sp³-hybridized carbons (Fsp3) is 0.474. The van der Waals surface area contributed by atoms with E-state index >= 15 is 0 Å². The van der Waals surface area contributed by atoms with Gasteiger partial charge in [-0.2, -0.15) is 5.10 Å². The molecule has 1 fully saturated rings. The molecule has 1 aromatic heterocycles. The lowest BCUT2D eigenvalue weighted by atomic mass is 10.1. The van der Waals surface area contributed by atoms with Crippen LogP contribution in [-0.2, 0) is 13.1 Å². The third-order valence-electron chi connectivity index (χ3n) is 5.05. The van der Waals surface area contributed by atoms with Crippen LogP contribution < -0.4 is 10.6 Å². The highest BCUT2D eigenvalue weighted by atomic mass is 16.3. The van der Waals surface area contributed by atoms with Crippen LogP contribution in [0.2, 0.25) is 0 Å². The number of rotatable bonds is 7. The van der Waals surface area contributed by atoms with E-state index in [9.17, 15) is 9.90 Å². The first-order valence-electron chi connectivity index (χ1n) is 8.72. The summed E-state index contributed by atoms with van der Waals surface area (Å²) in [7, 11) is 0. The van der Waals surface area contributed by atoms with E-state index < -0.39 is 0 Å². The van der Waals surface area contributed by atoms with Gasteiger partial charge in [0.05, 0.1) is 18.8 Å². The van der Waals surface area contributed by atoms with Crippen LogP contribution in [0.25, 0.3) is 0 Å². The molecule has 2 amide bonds. The van der Waals surface area contributed by atoms with Crippen molar-refractivity contribution in [1.82, 2.24) is 20.4 Å². The Kier molecular flexibility index (Phi) is 5.08. The standard InChI is InChI=1S/C19H26N4O2/c1-14-17(10-20-18(25)21-12-19(13-24)8-9-19)15(2)23(22-14)11-16-6-4-3-5-7-16/h3-7,24H,8-13H2,1-2H3,(H2,20,21,25). The fourth-order valence-corrected chi connectivity index (χ4v) is 2.97. The predicted molar refractivity (Wildman–Crippen MR) is 96.2 cm³/mol. The molecule has 1 aliphatic carbocycles. The second kappa shape index (κ2) is 7.27. The van der Waals surface area contributed by atoms with Crippen molar-refractivity contribution in [1.29, 1.82) is 0 Å². The molecule has 0 bridgehead atoms. The Bertz CT molecular complexity index is 735. The molecular formula is C19H26N4O2.